The molecule has 0 aliphatic carbocycles. The molecule has 0 aliphatic heterocycles. The Morgan fingerprint density at radius 1 is 1.00 bits per heavy atom. The summed E-state index contributed by atoms with van der Waals surface area (Å²) in [7, 11) is -3.64. The van der Waals surface area contributed by atoms with E-state index in [1.54, 1.807) is 6.07 Å². The van der Waals surface area contributed by atoms with E-state index in [-0.39, 0.29) is 5.91 Å². The van der Waals surface area contributed by atoms with Crippen LogP contribution in [0.1, 0.15) is 35.6 Å². The van der Waals surface area contributed by atoms with E-state index >= 15 is 0 Å². The van der Waals surface area contributed by atoms with Gasteiger partial charge in [0.25, 0.3) is 0 Å². The average molecular weight is 389 g/mol. The molecule has 1 atom stereocenters. The lowest BCUT2D eigenvalue weighted by Crippen LogP contribution is -2.47. The van der Waals surface area contributed by atoms with E-state index in [4.69, 9.17) is 0 Å². The number of carbonyl (C=O) groups is 1. The Morgan fingerprint density at radius 2 is 1.59 bits per heavy atom. The van der Waals surface area contributed by atoms with Gasteiger partial charge in [0, 0.05) is 5.69 Å². The van der Waals surface area contributed by atoms with Crippen molar-refractivity contribution in [1.29, 1.82) is 0 Å². The van der Waals surface area contributed by atoms with Gasteiger partial charge in [0.2, 0.25) is 15.9 Å². The van der Waals surface area contributed by atoms with E-state index in [0.717, 1.165) is 34.2 Å². The first-order valence-corrected chi connectivity index (χ1v) is 10.8. The number of sulfonamides is 1. The third-order valence-electron chi connectivity index (χ3n) is 4.80. The summed E-state index contributed by atoms with van der Waals surface area (Å²) in [6.45, 7) is 9.54. The molecule has 0 bridgehead atoms. The van der Waals surface area contributed by atoms with E-state index in [0.29, 0.717) is 12.1 Å². The second-order valence-electron chi connectivity index (χ2n) is 7.01. The summed E-state index contributed by atoms with van der Waals surface area (Å²) in [6, 6.07) is 10.4. The molecule has 6 heteroatoms. The van der Waals surface area contributed by atoms with Gasteiger partial charge < -0.3 is 5.32 Å². The van der Waals surface area contributed by atoms with Crippen LogP contribution in [0.2, 0.25) is 0 Å². The van der Waals surface area contributed by atoms with Gasteiger partial charge in [0.1, 0.15) is 6.04 Å². The number of amides is 1. The predicted octanol–water partition coefficient (Wildman–Crippen LogP) is 4.10. The van der Waals surface area contributed by atoms with Crippen LogP contribution in [-0.2, 0) is 14.8 Å². The normalized spacial score (nSPS) is 12.5. The van der Waals surface area contributed by atoms with E-state index in [2.05, 4.69) is 5.32 Å². The molecule has 1 amide bonds. The van der Waals surface area contributed by atoms with Crippen molar-refractivity contribution in [1.82, 2.24) is 0 Å². The topological polar surface area (TPSA) is 66.5 Å². The van der Waals surface area contributed by atoms with Crippen LogP contribution in [0.4, 0.5) is 11.4 Å². The van der Waals surface area contributed by atoms with E-state index < -0.39 is 16.1 Å². The average Bonchev–Trinajstić information content (AvgIpc) is 2.57. The van der Waals surface area contributed by atoms with Gasteiger partial charge in [0.15, 0.2) is 0 Å². The van der Waals surface area contributed by atoms with Crippen molar-refractivity contribution in [3.05, 3.63) is 58.7 Å². The van der Waals surface area contributed by atoms with Crippen LogP contribution in [0.5, 0.6) is 0 Å². The summed E-state index contributed by atoms with van der Waals surface area (Å²) < 4.78 is 26.4. The van der Waals surface area contributed by atoms with Gasteiger partial charge in [-0.1, -0.05) is 31.2 Å². The molecule has 146 valence electrons. The van der Waals surface area contributed by atoms with Crippen molar-refractivity contribution in [2.75, 3.05) is 15.9 Å². The third kappa shape index (κ3) is 4.69. The van der Waals surface area contributed by atoms with E-state index in [1.807, 2.05) is 65.0 Å². The second kappa shape index (κ2) is 8.13. The lowest BCUT2D eigenvalue weighted by atomic mass is 10.1. The van der Waals surface area contributed by atoms with Crippen LogP contribution in [-0.4, -0.2) is 26.6 Å². The van der Waals surface area contributed by atoms with Gasteiger partial charge in [-0.15, -0.1) is 0 Å². The van der Waals surface area contributed by atoms with Gasteiger partial charge >= 0.3 is 0 Å². The van der Waals surface area contributed by atoms with Crippen LogP contribution in [0.25, 0.3) is 0 Å². The number of nitrogens with zero attached hydrogens (tertiary/aromatic N) is 1. The van der Waals surface area contributed by atoms with Gasteiger partial charge in [0.05, 0.1) is 11.9 Å². The van der Waals surface area contributed by atoms with Crippen molar-refractivity contribution in [3.8, 4) is 0 Å². The van der Waals surface area contributed by atoms with Crippen LogP contribution in [0, 0.1) is 27.7 Å². The highest BCUT2D eigenvalue weighted by Gasteiger charge is 2.32. The maximum Gasteiger partial charge on any atom is 0.248 e. The van der Waals surface area contributed by atoms with Crippen LogP contribution in [0.15, 0.2) is 36.4 Å². The Hall–Kier alpha value is -2.34. The van der Waals surface area contributed by atoms with Gasteiger partial charge in [-0.2, -0.15) is 0 Å². The molecular weight excluding hydrogens is 360 g/mol. The number of anilines is 2. The molecule has 0 saturated carbocycles. The number of nitrogens with one attached hydrogen (secondary N) is 1. The Kier molecular flexibility index (Phi) is 6.31. The van der Waals surface area contributed by atoms with Crippen molar-refractivity contribution in [3.63, 3.8) is 0 Å². The molecule has 0 fully saturated rings. The zero-order valence-corrected chi connectivity index (χ0v) is 17.6. The Labute approximate surface area is 162 Å². The van der Waals surface area contributed by atoms with Crippen molar-refractivity contribution >= 4 is 27.3 Å². The summed E-state index contributed by atoms with van der Waals surface area (Å²) >= 11 is 0. The summed E-state index contributed by atoms with van der Waals surface area (Å²) in [5, 5.41) is 2.93. The summed E-state index contributed by atoms with van der Waals surface area (Å²) in [6.07, 6.45) is 1.49. The minimum Gasteiger partial charge on any atom is -0.324 e. The first kappa shape index (κ1) is 21.0. The highest BCUT2D eigenvalue weighted by atomic mass is 32.2. The maximum absolute atomic E-state index is 13.0. The van der Waals surface area contributed by atoms with Gasteiger partial charge in [-0.05, 0) is 68.5 Å². The highest BCUT2D eigenvalue weighted by Crippen LogP contribution is 2.27. The molecule has 0 aliphatic rings. The lowest BCUT2D eigenvalue weighted by Gasteiger charge is -2.31. The van der Waals surface area contributed by atoms with Gasteiger partial charge in [-0.25, -0.2) is 8.42 Å². The SMILES string of the molecule is CC[C@@H](C(=O)Nc1c(C)cccc1C)N(c1ccc(C)c(C)c1)S(C)(=O)=O. The molecular formula is C21H28N2O3S. The first-order chi connectivity index (χ1) is 12.6. The van der Waals surface area contributed by atoms with Crippen LogP contribution >= 0.6 is 0 Å². The number of rotatable bonds is 6. The zero-order chi connectivity index (χ0) is 20.4. The number of hydrogen-bond donors (Lipinski definition) is 1. The number of hydrogen-bond acceptors (Lipinski definition) is 3. The van der Waals surface area contributed by atoms with Crippen molar-refractivity contribution in [2.45, 2.75) is 47.1 Å². The first-order valence-electron chi connectivity index (χ1n) is 9.00. The molecule has 27 heavy (non-hydrogen) atoms. The standard InChI is InChI=1S/C21H28N2O3S/c1-7-19(21(24)22-20-15(3)9-8-10-16(20)4)23(27(6,25)26)18-12-11-14(2)17(5)13-18/h8-13,19H,7H2,1-6H3,(H,22,24)/t19-/m0/s1. The molecule has 0 saturated heterocycles. The summed E-state index contributed by atoms with van der Waals surface area (Å²) in [5.74, 6) is -0.335. The molecule has 0 spiro atoms. The number of benzene rings is 2. The lowest BCUT2D eigenvalue weighted by molar-refractivity contribution is -0.117. The number of aryl methyl sites for hydroxylation is 4. The Balaban J connectivity index is 2.46. The Morgan fingerprint density at radius 3 is 2.07 bits per heavy atom. The second-order valence-corrected chi connectivity index (χ2v) is 8.87. The number of carbonyl (C=O) groups excluding carboxylic acids is 1. The molecule has 2 aromatic carbocycles. The largest absolute Gasteiger partial charge is 0.324 e. The fraction of sp³-hybridized carbons (Fsp3) is 0.381. The molecule has 0 unspecified atom stereocenters. The Bertz CT molecular complexity index is 932. The molecule has 1 N–H and O–H groups in total. The minimum absolute atomic E-state index is 0.335. The van der Waals surface area contributed by atoms with E-state index in [1.165, 1.54) is 4.31 Å². The van der Waals surface area contributed by atoms with Crippen LogP contribution in [0.3, 0.4) is 0 Å². The molecule has 2 rings (SSSR count). The van der Waals surface area contributed by atoms with Crippen molar-refractivity contribution in [2.24, 2.45) is 0 Å². The van der Waals surface area contributed by atoms with E-state index in [9.17, 15) is 13.2 Å². The molecule has 0 heterocycles. The van der Waals surface area contributed by atoms with Crippen molar-refractivity contribution < 1.29 is 13.2 Å². The monoisotopic (exact) mass is 388 g/mol. The minimum atomic E-state index is -3.64. The maximum atomic E-state index is 13.0. The highest BCUT2D eigenvalue weighted by molar-refractivity contribution is 7.92. The fourth-order valence-corrected chi connectivity index (χ4v) is 4.34. The summed E-state index contributed by atoms with van der Waals surface area (Å²) in [4.78, 5) is 13.0. The predicted molar refractivity (Wildman–Crippen MR) is 112 cm³/mol. The third-order valence-corrected chi connectivity index (χ3v) is 5.98. The molecule has 2 aromatic rings. The molecule has 0 radical (unpaired) electrons. The zero-order valence-electron chi connectivity index (χ0n) is 16.8. The fourth-order valence-electron chi connectivity index (χ4n) is 3.14. The smallest absolute Gasteiger partial charge is 0.248 e. The quantitative estimate of drug-likeness (QED) is 0.810. The molecule has 0 aromatic heterocycles. The summed E-state index contributed by atoms with van der Waals surface area (Å²) in [5.41, 5.74) is 5.16. The van der Waals surface area contributed by atoms with Gasteiger partial charge in [-0.3, -0.25) is 9.10 Å². The molecule has 5 nitrogen and oxygen atoms in total. The van der Waals surface area contributed by atoms with Crippen LogP contribution < -0.4 is 9.62 Å². The number of para-hydroxylation sites is 1.